The molecule has 0 radical (unpaired) electrons. The molecule has 2 aliphatic heterocycles. The minimum absolute atomic E-state index is 0.00112. The lowest BCUT2D eigenvalue weighted by molar-refractivity contribution is -0.121. The molecule has 2 aliphatic rings. The molecular formula is C22H23ClFN3O4S. The molecule has 0 aromatic heterocycles. The number of piperidine rings is 1. The van der Waals surface area contributed by atoms with Crippen molar-refractivity contribution in [1.82, 2.24) is 4.31 Å². The molecule has 2 aromatic rings. The predicted molar refractivity (Wildman–Crippen MR) is 120 cm³/mol. The number of nitrogens with one attached hydrogen (secondary N) is 1. The van der Waals surface area contributed by atoms with Gasteiger partial charge >= 0.3 is 0 Å². The van der Waals surface area contributed by atoms with Crippen LogP contribution in [0.25, 0.3) is 0 Å². The predicted octanol–water partition coefficient (Wildman–Crippen LogP) is 3.65. The van der Waals surface area contributed by atoms with E-state index in [4.69, 9.17) is 11.6 Å². The maximum absolute atomic E-state index is 13.2. The van der Waals surface area contributed by atoms with Gasteiger partial charge in [-0.25, -0.2) is 12.8 Å². The highest BCUT2D eigenvalue weighted by atomic mass is 35.5. The first-order valence-corrected chi connectivity index (χ1v) is 12.2. The molecule has 2 aromatic carbocycles. The summed E-state index contributed by atoms with van der Waals surface area (Å²) in [6.07, 6.45) is 2.37. The summed E-state index contributed by atoms with van der Waals surface area (Å²) < 4.78 is 40.2. The summed E-state index contributed by atoms with van der Waals surface area (Å²) >= 11 is 6.35. The molecule has 7 nitrogen and oxygen atoms in total. The molecule has 0 bridgehead atoms. The SMILES string of the molecule is O=C(Nc1ccc(N2CCCC2=O)c(Cl)c1)C1CCCN(S(=O)(=O)c2ccc(F)cc2)C1. The zero-order chi connectivity index (χ0) is 22.9. The van der Waals surface area contributed by atoms with Crippen molar-refractivity contribution in [3.8, 4) is 0 Å². The third kappa shape index (κ3) is 4.65. The fourth-order valence-corrected chi connectivity index (χ4v) is 5.89. The molecule has 4 rings (SSSR count). The van der Waals surface area contributed by atoms with Gasteiger partial charge in [0.25, 0.3) is 0 Å². The third-order valence-electron chi connectivity index (χ3n) is 5.79. The van der Waals surface area contributed by atoms with Gasteiger partial charge in [-0.3, -0.25) is 9.59 Å². The van der Waals surface area contributed by atoms with Crippen molar-refractivity contribution in [2.75, 3.05) is 29.9 Å². The quantitative estimate of drug-likeness (QED) is 0.709. The van der Waals surface area contributed by atoms with Crippen molar-refractivity contribution in [3.63, 3.8) is 0 Å². The molecule has 0 saturated carbocycles. The van der Waals surface area contributed by atoms with E-state index in [1.165, 1.54) is 16.4 Å². The second-order valence-electron chi connectivity index (χ2n) is 7.96. The number of hydrogen-bond acceptors (Lipinski definition) is 4. The largest absolute Gasteiger partial charge is 0.326 e. The summed E-state index contributed by atoms with van der Waals surface area (Å²) in [5.41, 5.74) is 1.09. The number of halogens is 2. The van der Waals surface area contributed by atoms with Gasteiger partial charge in [0, 0.05) is 31.7 Å². The number of rotatable bonds is 5. The van der Waals surface area contributed by atoms with Crippen LogP contribution in [-0.2, 0) is 19.6 Å². The zero-order valence-electron chi connectivity index (χ0n) is 17.3. The molecular weight excluding hydrogens is 457 g/mol. The Hall–Kier alpha value is -2.49. The summed E-state index contributed by atoms with van der Waals surface area (Å²) in [4.78, 5) is 26.4. The van der Waals surface area contributed by atoms with E-state index >= 15 is 0 Å². The number of hydrogen-bond donors (Lipinski definition) is 1. The van der Waals surface area contributed by atoms with Gasteiger partial charge in [0.1, 0.15) is 5.82 Å². The normalized spacial score (nSPS) is 19.9. The van der Waals surface area contributed by atoms with Gasteiger partial charge in [0.2, 0.25) is 21.8 Å². The first kappa shape index (κ1) is 22.7. The summed E-state index contributed by atoms with van der Waals surface area (Å²) in [6, 6.07) is 9.63. The zero-order valence-corrected chi connectivity index (χ0v) is 18.8. The van der Waals surface area contributed by atoms with Crippen LogP contribution in [0, 0.1) is 11.7 Å². The number of nitrogens with zero attached hydrogens (tertiary/aromatic N) is 2. The Morgan fingerprint density at radius 2 is 1.84 bits per heavy atom. The van der Waals surface area contributed by atoms with Crippen LogP contribution in [-0.4, -0.2) is 44.2 Å². The van der Waals surface area contributed by atoms with E-state index in [2.05, 4.69) is 5.32 Å². The van der Waals surface area contributed by atoms with Crippen LogP contribution in [0.15, 0.2) is 47.4 Å². The Kier molecular flexibility index (Phi) is 6.50. The number of benzene rings is 2. The molecule has 0 aliphatic carbocycles. The standard InChI is InChI=1S/C22H23ClFN3O4S/c23-19-13-17(7-10-20(19)27-12-2-4-21(27)28)25-22(29)15-3-1-11-26(14-15)32(30,31)18-8-5-16(24)6-9-18/h5-10,13,15H,1-4,11-12,14H2,(H,25,29). The average Bonchev–Trinajstić information content (AvgIpc) is 3.20. The Balaban J connectivity index is 1.44. The lowest BCUT2D eigenvalue weighted by Crippen LogP contribution is -2.43. The van der Waals surface area contributed by atoms with E-state index in [1.807, 2.05) is 0 Å². The minimum Gasteiger partial charge on any atom is -0.326 e. The molecule has 1 atom stereocenters. The van der Waals surface area contributed by atoms with Crippen molar-refractivity contribution >= 4 is 44.8 Å². The van der Waals surface area contributed by atoms with Crippen molar-refractivity contribution in [1.29, 1.82) is 0 Å². The van der Waals surface area contributed by atoms with Gasteiger partial charge in [-0.05, 0) is 61.7 Å². The van der Waals surface area contributed by atoms with E-state index in [0.29, 0.717) is 48.7 Å². The molecule has 1 unspecified atom stereocenters. The van der Waals surface area contributed by atoms with Crippen molar-refractivity contribution < 1.29 is 22.4 Å². The van der Waals surface area contributed by atoms with Crippen molar-refractivity contribution in [2.45, 2.75) is 30.6 Å². The fraction of sp³-hybridized carbons (Fsp3) is 0.364. The van der Waals surface area contributed by atoms with Crippen molar-refractivity contribution in [3.05, 3.63) is 53.3 Å². The van der Waals surface area contributed by atoms with Crippen LogP contribution < -0.4 is 10.2 Å². The molecule has 2 heterocycles. The molecule has 0 spiro atoms. The Morgan fingerprint density at radius 1 is 1.09 bits per heavy atom. The minimum atomic E-state index is -3.82. The third-order valence-corrected chi connectivity index (χ3v) is 7.97. The van der Waals surface area contributed by atoms with E-state index in [-0.39, 0.29) is 23.3 Å². The number of carbonyl (C=O) groups excluding carboxylic acids is 2. The monoisotopic (exact) mass is 479 g/mol. The second kappa shape index (κ2) is 9.17. The molecule has 2 fully saturated rings. The Labute approximate surface area is 191 Å². The first-order valence-electron chi connectivity index (χ1n) is 10.4. The Bertz CT molecular complexity index is 1140. The van der Waals surface area contributed by atoms with Crippen LogP contribution in [0.1, 0.15) is 25.7 Å². The van der Waals surface area contributed by atoms with Gasteiger partial charge in [0.15, 0.2) is 0 Å². The first-order chi connectivity index (χ1) is 15.3. The molecule has 1 N–H and O–H groups in total. The van der Waals surface area contributed by atoms with E-state index in [0.717, 1.165) is 18.6 Å². The van der Waals surface area contributed by atoms with Crippen molar-refractivity contribution in [2.24, 2.45) is 5.92 Å². The van der Waals surface area contributed by atoms with Gasteiger partial charge in [0.05, 0.1) is 21.5 Å². The summed E-state index contributed by atoms with van der Waals surface area (Å²) in [7, 11) is -3.82. The van der Waals surface area contributed by atoms with Crippen LogP contribution in [0.3, 0.4) is 0 Å². The molecule has 32 heavy (non-hydrogen) atoms. The lowest BCUT2D eigenvalue weighted by atomic mass is 9.98. The van der Waals surface area contributed by atoms with Gasteiger partial charge in [-0.2, -0.15) is 4.31 Å². The van der Waals surface area contributed by atoms with E-state index in [1.54, 1.807) is 23.1 Å². The van der Waals surface area contributed by atoms with Gasteiger partial charge in [-0.15, -0.1) is 0 Å². The summed E-state index contributed by atoms with van der Waals surface area (Å²) in [5, 5.41) is 3.17. The van der Waals surface area contributed by atoms with Gasteiger partial charge in [-0.1, -0.05) is 11.6 Å². The van der Waals surface area contributed by atoms with Crippen LogP contribution in [0.4, 0.5) is 15.8 Å². The maximum atomic E-state index is 13.2. The van der Waals surface area contributed by atoms with Crippen LogP contribution in [0.5, 0.6) is 0 Å². The smallest absolute Gasteiger partial charge is 0.243 e. The molecule has 2 saturated heterocycles. The number of sulfonamides is 1. The highest BCUT2D eigenvalue weighted by Gasteiger charge is 2.33. The average molecular weight is 480 g/mol. The van der Waals surface area contributed by atoms with Crippen LogP contribution >= 0.6 is 11.6 Å². The van der Waals surface area contributed by atoms with Gasteiger partial charge < -0.3 is 10.2 Å². The summed E-state index contributed by atoms with van der Waals surface area (Å²) in [6.45, 7) is 0.957. The number of anilines is 2. The topological polar surface area (TPSA) is 86.8 Å². The molecule has 10 heteroatoms. The number of carbonyl (C=O) groups is 2. The van der Waals surface area contributed by atoms with Crippen LogP contribution in [0.2, 0.25) is 5.02 Å². The lowest BCUT2D eigenvalue weighted by Gasteiger charge is -2.31. The maximum Gasteiger partial charge on any atom is 0.243 e. The van der Waals surface area contributed by atoms with E-state index in [9.17, 15) is 22.4 Å². The highest BCUT2D eigenvalue weighted by Crippen LogP contribution is 2.32. The molecule has 170 valence electrons. The fourth-order valence-electron chi connectivity index (χ4n) is 4.08. The molecule has 2 amide bonds. The van der Waals surface area contributed by atoms with E-state index < -0.39 is 21.8 Å². The summed E-state index contributed by atoms with van der Waals surface area (Å²) in [5.74, 6) is -1.32. The highest BCUT2D eigenvalue weighted by molar-refractivity contribution is 7.89. The number of amides is 2. The second-order valence-corrected chi connectivity index (χ2v) is 10.3. The Morgan fingerprint density at radius 3 is 2.50 bits per heavy atom.